The first kappa shape index (κ1) is 12.5. The van der Waals surface area contributed by atoms with E-state index in [1.165, 1.54) is 18.9 Å². The molecule has 0 radical (unpaired) electrons. The van der Waals surface area contributed by atoms with Crippen molar-refractivity contribution in [3.05, 3.63) is 33.4 Å². The van der Waals surface area contributed by atoms with Crippen LogP contribution >= 0.6 is 0 Å². The molecule has 0 N–H and O–H groups in total. The fourth-order valence-electron chi connectivity index (χ4n) is 2.61. The van der Waals surface area contributed by atoms with Crippen LogP contribution in [0.15, 0.2) is 20.3 Å². The number of aryl methyl sites for hydroxylation is 1. The van der Waals surface area contributed by atoms with Gasteiger partial charge in [0.25, 0.3) is 6.43 Å². The molecule has 1 aromatic rings. The average Bonchev–Trinajstić information content (AvgIpc) is 3.06. The number of hydrogen-bond donors (Lipinski definition) is 0. The summed E-state index contributed by atoms with van der Waals surface area (Å²) in [4.78, 5) is 15.2. The van der Waals surface area contributed by atoms with Crippen LogP contribution in [0, 0.1) is 5.92 Å². The summed E-state index contributed by atoms with van der Waals surface area (Å²) in [6.07, 6.45) is 2.62. The van der Waals surface area contributed by atoms with E-state index in [2.05, 4.69) is 4.99 Å². The second-order valence-corrected chi connectivity index (χ2v) is 5.23. The molecule has 1 fully saturated rings. The van der Waals surface area contributed by atoms with E-state index in [1.54, 1.807) is 0 Å². The van der Waals surface area contributed by atoms with Crippen molar-refractivity contribution in [1.82, 2.24) is 0 Å². The monoisotopic (exact) mass is 267 g/mol. The van der Waals surface area contributed by atoms with Crippen molar-refractivity contribution in [3.63, 3.8) is 0 Å². The zero-order valence-electron chi connectivity index (χ0n) is 10.5. The Balaban J connectivity index is 1.85. The van der Waals surface area contributed by atoms with E-state index >= 15 is 0 Å². The Morgan fingerprint density at radius 3 is 2.89 bits per heavy atom. The van der Waals surface area contributed by atoms with Crippen LogP contribution in [0.2, 0.25) is 0 Å². The minimum absolute atomic E-state index is 0.0563. The van der Waals surface area contributed by atoms with Crippen molar-refractivity contribution < 1.29 is 13.2 Å². The van der Waals surface area contributed by atoms with Crippen LogP contribution in [0.1, 0.15) is 42.6 Å². The van der Waals surface area contributed by atoms with Gasteiger partial charge >= 0.3 is 5.63 Å². The van der Waals surface area contributed by atoms with Gasteiger partial charge in [-0.1, -0.05) is 19.3 Å². The molecule has 0 bridgehead atoms. The Morgan fingerprint density at radius 1 is 1.42 bits per heavy atom. The molecule has 2 heterocycles. The molecule has 5 heteroatoms. The van der Waals surface area contributed by atoms with Gasteiger partial charge in [-0.2, -0.15) is 0 Å². The Bertz CT molecular complexity index is 573. The van der Waals surface area contributed by atoms with Crippen molar-refractivity contribution in [3.8, 4) is 0 Å². The highest BCUT2D eigenvalue weighted by atomic mass is 19.3. The van der Waals surface area contributed by atoms with Gasteiger partial charge in [-0.05, 0) is 24.3 Å². The molecule has 0 aromatic carbocycles. The van der Waals surface area contributed by atoms with Gasteiger partial charge in [0.15, 0.2) is 0 Å². The van der Waals surface area contributed by atoms with Gasteiger partial charge in [0.2, 0.25) is 0 Å². The molecule has 0 unspecified atom stereocenters. The molecule has 2 aliphatic rings. The maximum atomic E-state index is 12.9. The normalized spacial score (nSPS) is 17.7. The van der Waals surface area contributed by atoms with E-state index in [0.29, 0.717) is 23.3 Å². The lowest BCUT2D eigenvalue weighted by atomic mass is 9.99. The summed E-state index contributed by atoms with van der Waals surface area (Å²) < 4.78 is 30.8. The number of alkyl halides is 2. The predicted molar refractivity (Wildman–Crippen MR) is 66.9 cm³/mol. The number of fused-ring (bicyclic) bond motifs is 1. The van der Waals surface area contributed by atoms with Gasteiger partial charge in [0, 0.05) is 11.6 Å². The van der Waals surface area contributed by atoms with Crippen LogP contribution in [-0.2, 0) is 13.0 Å². The first-order valence-electron chi connectivity index (χ1n) is 6.64. The molecule has 1 aliphatic carbocycles. The van der Waals surface area contributed by atoms with Crippen molar-refractivity contribution in [1.29, 1.82) is 0 Å². The highest BCUT2D eigenvalue weighted by Crippen LogP contribution is 2.34. The second-order valence-electron chi connectivity index (χ2n) is 5.23. The molecule has 0 spiro atoms. The summed E-state index contributed by atoms with van der Waals surface area (Å²) in [7, 11) is 0. The van der Waals surface area contributed by atoms with Crippen molar-refractivity contribution in [2.75, 3.05) is 0 Å². The second kappa shape index (κ2) is 4.87. The van der Waals surface area contributed by atoms with Gasteiger partial charge in [0.1, 0.15) is 11.5 Å². The number of aliphatic imine (C=N–C) groups is 1. The third kappa shape index (κ3) is 2.60. The molecule has 102 valence electrons. The summed E-state index contributed by atoms with van der Waals surface area (Å²) in [6, 6.07) is 1.34. The minimum Gasteiger partial charge on any atom is -0.425 e. The first-order chi connectivity index (χ1) is 9.15. The van der Waals surface area contributed by atoms with Crippen LogP contribution in [0.4, 0.5) is 8.78 Å². The van der Waals surface area contributed by atoms with Crippen LogP contribution < -0.4 is 5.63 Å². The van der Waals surface area contributed by atoms with Crippen LogP contribution in [0.25, 0.3) is 0 Å². The highest BCUT2D eigenvalue weighted by Gasteiger charge is 2.29. The zero-order valence-corrected chi connectivity index (χ0v) is 10.5. The smallest absolute Gasteiger partial charge is 0.336 e. The molecule has 1 saturated carbocycles. The molecular formula is C14H15F2NO2. The number of halogens is 2. The largest absolute Gasteiger partial charge is 0.425 e. The van der Waals surface area contributed by atoms with Gasteiger partial charge < -0.3 is 4.42 Å². The molecule has 0 amide bonds. The molecular weight excluding hydrogens is 252 g/mol. The molecule has 1 aromatic heterocycles. The van der Waals surface area contributed by atoms with E-state index in [-0.39, 0.29) is 12.3 Å². The molecule has 1 aliphatic heterocycles. The van der Waals surface area contributed by atoms with Crippen molar-refractivity contribution >= 4 is 5.71 Å². The summed E-state index contributed by atoms with van der Waals surface area (Å²) >= 11 is 0. The van der Waals surface area contributed by atoms with E-state index in [9.17, 15) is 13.6 Å². The fourth-order valence-corrected chi connectivity index (χ4v) is 2.61. The minimum atomic E-state index is -2.61. The van der Waals surface area contributed by atoms with Crippen LogP contribution in [0.3, 0.4) is 0 Å². The number of nitrogens with zero attached hydrogens (tertiary/aromatic N) is 1. The predicted octanol–water partition coefficient (Wildman–Crippen LogP) is 2.94. The molecule has 3 nitrogen and oxygen atoms in total. The van der Waals surface area contributed by atoms with Gasteiger partial charge in [-0.3, -0.25) is 4.99 Å². The van der Waals surface area contributed by atoms with Gasteiger partial charge in [0.05, 0.1) is 6.54 Å². The third-order valence-corrected chi connectivity index (χ3v) is 3.73. The highest BCUT2D eigenvalue weighted by molar-refractivity contribution is 6.06. The molecule has 19 heavy (non-hydrogen) atoms. The Hall–Kier alpha value is -1.52. The number of hydrogen-bond acceptors (Lipinski definition) is 3. The quantitative estimate of drug-likeness (QED) is 0.823. The maximum absolute atomic E-state index is 12.9. The van der Waals surface area contributed by atoms with Crippen LogP contribution in [0.5, 0.6) is 0 Å². The Morgan fingerprint density at radius 2 is 2.21 bits per heavy atom. The summed E-state index contributed by atoms with van der Waals surface area (Å²) in [5.74, 6) is 1.10. The zero-order chi connectivity index (χ0) is 13.4. The van der Waals surface area contributed by atoms with E-state index in [1.807, 2.05) is 0 Å². The van der Waals surface area contributed by atoms with E-state index in [4.69, 9.17) is 4.42 Å². The fraction of sp³-hybridized carbons (Fsp3) is 0.571. The summed E-state index contributed by atoms with van der Waals surface area (Å²) in [5.41, 5.74) is 0.361. The lowest BCUT2D eigenvalue weighted by Gasteiger charge is -2.08. The summed E-state index contributed by atoms with van der Waals surface area (Å²) in [6.45, 7) is 0.0563. The molecule has 0 saturated heterocycles. The molecule has 3 rings (SSSR count). The topological polar surface area (TPSA) is 42.6 Å². The standard InChI is InChI=1S/C14H15F2NO2/c15-14(16)13-12-9(3-1-2-8-4-5-8)6-11(18)19-10(12)7-17-13/h6,8,14H,1-5,7H2. The number of rotatable bonds is 5. The maximum Gasteiger partial charge on any atom is 0.336 e. The lowest BCUT2D eigenvalue weighted by Crippen LogP contribution is -2.15. The Kier molecular flexibility index (Phi) is 3.21. The molecule has 0 atom stereocenters. The lowest BCUT2D eigenvalue weighted by molar-refractivity contribution is 0.226. The Labute approximate surface area is 109 Å². The third-order valence-electron chi connectivity index (χ3n) is 3.73. The SMILES string of the molecule is O=c1cc(CCCC2CC2)c2c(o1)CN=C2C(F)F. The average molecular weight is 267 g/mol. The van der Waals surface area contributed by atoms with Crippen molar-refractivity contribution in [2.45, 2.75) is 45.1 Å². The van der Waals surface area contributed by atoms with Crippen LogP contribution in [-0.4, -0.2) is 12.1 Å². The van der Waals surface area contributed by atoms with E-state index < -0.39 is 12.1 Å². The van der Waals surface area contributed by atoms with E-state index in [0.717, 1.165) is 18.8 Å². The first-order valence-corrected chi connectivity index (χ1v) is 6.64. The van der Waals surface area contributed by atoms with Crippen molar-refractivity contribution in [2.24, 2.45) is 10.9 Å². The van der Waals surface area contributed by atoms with Gasteiger partial charge in [-0.25, -0.2) is 13.6 Å². The van der Waals surface area contributed by atoms with Gasteiger partial charge in [-0.15, -0.1) is 0 Å². The summed E-state index contributed by atoms with van der Waals surface area (Å²) in [5, 5.41) is 0.